The first-order valence-corrected chi connectivity index (χ1v) is 6.33. The largest absolute Gasteiger partial charge is 0.384 e. The second kappa shape index (κ2) is 7.21. The molecule has 0 saturated heterocycles. The first kappa shape index (κ1) is 15.6. The van der Waals surface area contributed by atoms with Crippen molar-refractivity contribution in [3.05, 3.63) is 35.1 Å². The molecule has 0 unspecified atom stereocenters. The van der Waals surface area contributed by atoms with Crippen molar-refractivity contribution in [2.24, 2.45) is 5.73 Å². The van der Waals surface area contributed by atoms with Crippen LogP contribution in [-0.4, -0.2) is 37.0 Å². The lowest BCUT2D eigenvalue weighted by molar-refractivity contribution is 0.0627. The van der Waals surface area contributed by atoms with Crippen molar-refractivity contribution >= 4 is 5.84 Å². The van der Waals surface area contributed by atoms with Gasteiger partial charge in [0, 0.05) is 18.7 Å². The minimum absolute atomic E-state index is 0.110. The summed E-state index contributed by atoms with van der Waals surface area (Å²) in [6.45, 7) is 6.01. The summed E-state index contributed by atoms with van der Waals surface area (Å²) in [6.07, 6.45) is 0.215. The molecule has 0 heterocycles. The molecule has 0 aliphatic heterocycles. The van der Waals surface area contributed by atoms with E-state index in [0.717, 1.165) is 12.1 Å². The van der Waals surface area contributed by atoms with Crippen molar-refractivity contribution in [1.82, 2.24) is 4.90 Å². The van der Waals surface area contributed by atoms with Crippen LogP contribution in [0.1, 0.15) is 25.0 Å². The highest BCUT2D eigenvalue weighted by atomic mass is 19.1. The maximum Gasteiger partial charge on any atom is 0.123 e. The highest BCUT2D eigenvalue weighted by Crippen LogP contribution is 2.13. The number of benzene rings is 1. The lowest BCUT2D eigenvalue weighted by Crippen LogP contribution is -2.25. The smallest absolute Gasteiger partial charge is 0.123 e. The monoisotopic (exact) mass is 267 g/mol. The van der Waals surface area contributed by atoms with Crippen molar-refractivity contribution in [2.75, 3.05) is 20.2 Å². The van der Waals surface area contributed by atoms with Gasteiger partial charge in [0.2, 0.25) is 0 Å². The van der Waals surface area contributed by atoms with Crippen LogP contribution in [0.2, 0.25) is 0 Å². The Morgan fingerprint density at radius 1 is 1.47 bits per heavy atom. The molecule has 4 nitrogen and oxygen atoms in total. The van der Waals surface area contributed by atoms with E-state index in [-0.39, 0.29) is 17.8 Å². The fourth-order valence-corrected chi connectivity index (χ4v) is 1.75. The van der Waals surface area contributed by atoms with Crippen LogP contribution < -0.4 is 5.73 Å². The molecule has 106 valence electrons. The van der Waals surface area contributed by atoms with Crippen molar-refractivity contribution in [3.63, 3.8) is 0 Å². The third-order valence-corrected chi connectivity index (χ3v) is 2.73. The zero-order valence-electron chi connectivity index (χ0n) is 11.7. The summed E-state index contributed by atoms with van der Waals surface area (Å²) in [4.78, 5) is 2.06. The number of nitrogens with zero attached hydrogens (tertiary/aromatic N) is 1. The summed E-state index contributed by atoms with van der Waals surface area (Å²) >= 11 is 0. The number of rotatable bonds is 7. The Morgan fingerprint density at radius 3 is 2.74 bits per heavy atom. The molecule has 0 aliphatic carbocycles. The molecule has 0 bridgehead atoms. The average molecular weight is 267 g/mol. The summed E-state index contributed by atoms with van der Waals surface area (Å²) in [7, 11) is 1.96. The molecule has 1 aromatic carbocycles. The second-order valence-electron chi connectivity index (χ2n) is 4.87. The first-order valence-electron chi connectivity index (χ1n) is 6.33. The second-order valence-corrected chi connectivity index (χ2v) is 4.87. The molecule has 0 radical (unpaired) electrons. The fraction of sp³-hybridized carbons (Fsp3) is 0.500. The minimum atomic E-state index is -0.375. The SMILES string of the molecule is CC(C)OCCN(C)Cc1ccc(F)cc1C(=N)N. The zero-order chi connectivity index (χ0) is 14.4. The number of hydrogen-bond acceptors (Lipinski definition) is 3. The van der Waals surface area contributed by atoms with Crippen LogP contribution in [0.25, 0.3) is 0 Å². The van der Waals surface area contributed by atoms with Crippen LogP contribution in [0.15, 0.2) is 18.2 Å². The maximum absolute atomic E-state index is 13.2. The van der Waals surface area contributed by atoms with Gasteiger partial charge < -0.3 is 10.5 Å². The number of nitrogens with one attached hydrogen (secondary N) is 1. The summed E-state index contributed by atoms with van der Waals surface area (Å²) in [5, 5.41) is 7.48. The molecular weight excluding hydrogens is 245 g/mol. The quantitative estimate of drug-likeness (QED) is 0.586. The van der Waals surface area contributed by atoms with Crippen LogP contribution >= 0.6 is 0 Å². The van der Waals surface area contributed by atoms with Crippen LogP contribution in [0.4, 0.5) is 4.39 Å². The molecule has 0 fully saturated rings. The van der Waals surface area contributed by atoms with Crippen LogP contribution in [-0.2, 0) is 11.3 Å². The molecular formula is C14H22FN3O. The van der Waals surface area contributed by atoms with E-state index in [1.54, 1.807) is 6.07 Å². The standard InChI is InChI=1S/C14H22FN3O/c1-10(2)19-7-6-18(3)9-11-4-5-12(15)8-13(11)14(16)17/h4-5,8,10H,6-7,9H2,1-3H3,(H3,16,17). The minimum Gasteiger partial charge on any atom is -0.384 e. The number of hydrogen-bond donors (Lipinski definition) is 2. The number of nitrogen functional groups attached to an aromatic ring is 1. The number of nitrogens with two attached hydrogens (primary N) is 1. The van der Waals surface area contributed by atoms with E-state index in [0.29, 0.717) is 18.7 Å². The number of halogens is 1. The Bertz CT molecular complexity index is 435. The predicted molar refractivity (Wildman–Crippen MR) is 74.8 cm³/mol. The number of amidine groups is 1. The normalized spacial score (nSPS) is 11.3. The van der Waals surface area contributed by atoms with Crippen molar-refractivity contribution in [2.45, 2.75) is 26.5 Å². The number of likely N-dealkylation sites (N-methyl/N-ethyl adjacent to an activating group) is 1. The van der Waals surface area contributed by atoms with Gasteiger partial charge in [0.05, 0.1) is 12.7 Å². The molecule has 0 aromatic heterocycles. The van der Waals surface area contributed by atoms with Gasteiger partial charge in [-0.1, -0.05) is 6.07 Å². The lowest BCUT2D eigenvalue weighted by Gasteiger charge is -2.19. The van der Waals surface area contributed by atoms with Crippen LogP contribution in [0.3, 0.4) is 0 Å². The zero-order valence-corrected chi connectivity index (χ0v) is 11.7. The molecule has 1 aromatic rings. The summed E-state index contributed by atoms with van der Waals surface area (Å²) in [6, 6.07) is 4.36. The predicted octanol–water partition coefficient (Wildman–Crippen LogP) is 1.97. The van der Waals surface area contributed by atoms with Gasteiger partial charge in [-0.05, 0) is 38.6 Å². The molecule has 0 amide bonds. The van der Waals surface area contributed by atoms with Gasteiger partial charge in [-0.2, -0.15) is 0 Å². The van der Waals surface area contributed by atoms with Gasteiger partial charge in [-0.25, -0.2) is 4.39 Å². The van der Waals surface area contributed by atoms with E-state index in [9.17, 15) is 4.39 Å². The maximum atomic E-state index is 13.2. The Kier molecular flexibility index (Phi) is 5.92. The van der Waals surface area contributed by atoms with Crippen molar-refractivity contribution < 1.29 is 9.13 Å². The first-order chi connectivity index (χ1) is 8.90. The molecule has 0 aliphatic rings. The van der Waals surface area contributed by atoms with Crippen LogP contribution in [0, 0.1) is 11.2 Å². The topological polar surface area (TPSA) is 62.3 Å². The van der Waals surface area contributed by atoms with E-state index in [4.69, 9.17) is 15.9 Å². The molecule has 1 rings (SSSR count). The van der Waals surface area contributed by atoms with Gasteiger partial charge in [-0.15, -0.1) is 0 Å². The Labute approximate surface area is 113 Å². The highest BCUT2D eigenvalue weighted by Gasteiger charge is 2.09. The molecule has 0 atom stereocenters. The molecule has 5 heteroatoms. The summed E-state index contributed by atoms with van der Waals surface area (Å²) in [5.74, 6) is -0.485. The van der Waals surface area contributed by atoms with Crippen LogP contribution in [0.5, 0.6) is 0 Å². The third-order valence-electron chi connectivity index (χ3n) is 2.73. The highest BCUT2D eigenvalue weighted by molar-refractivity contribution is 5.96. The van der Waals surface area contributed by atoms with E-state index in [2.05, 4.69) is 4.90 Å². The molecule has 0 saturated carbocycles. The summed E-state index contributed by atoms with van der Waals surface area (Å²) in [5.41, 5.74) is 6.78. The molecule has 0 spiro atoms. The lowest BCUT2D eigenvalue weighted by atomic mass is 10.1. The van der Waals surface area contributed by atoms with E-state index >= 15 is 0 Å². The molecule has 3 N–H and O–H groups in total. The van der Waals surface area contributed by atoms with Gasteiger partial charge in [-0.3, -0.25) is 10.3 Å². The third kappa shape index (κ3) is 5.36. The molecule has 19 heavy (non-hydrogen) atoms. The van der Waals surface area contributed by atoms with E-state index < -0.39 is 0 Å². The van der Waals surface area contributed by atoms with Gasteiger partial charge in [0.25, 0.3) is 0 Å². The van der Waals surface area contributed by atoms with E-state index in [1.807, 2.05) is 20.9 Å². The Balaban J connectivity index is 2.63. The Hall–Kier alpha value is -1.46. The average Bonchev–Trinajstić information content (AvgIpc) is 2.30. The van der Waals surface area contributed by atoms with Gasteiger partial charge >= 0.3 is 0 Å². The van der Waals surface area contributed by atoms with E-state index in [1.165, 1.54) is 12.1 Å². The Morgan fingerprint density at radius 2 is 2.16 bits per heavy atom. The number of ether oxygens (including phenoxy) is 1. The van der Waals surface area contributed by atoms with Crippen molar-refractivity contribution in [3.8, 4) is 0 Å². The fourth-order valence-electron chi connectivity index (χ4n) is 1.75. The van der Waals surface area contributed by atoms with Crippen molar-refractivity contribution in [1.29, 1.82) is 5.41 Å². The van der Waals surface area contributed by atoms with Gasteiger partial charge in [0.15, 0.2) is 0 Å². The van der Waals surface area contributed by atoms with Gasteiger partial charge in [0.1, 0.15) is 11.7 Å². The summed E-state index contributed by atoms with van der Waals surface area (Å²) < 4.78 is 18.6.